The summed E-state index contributed by atoms with van der Waals surface area (Å²) in [7, 11) is 3.42. The maximum atomic E-state index is 13.6. The minimum absolute atomic E-state index is 0.0913. The van der Waals surface area contributed by atoms with E-state index in [4.69, 9.17) is 14.8 Å². The molecule has 3 aromatic rings. The smallest absolute Gasteiger partial charge is 0.267 e. The third-order valence-corrected chi connectivity index (χ3v) is 7.14. The van der Waals surface area contributed by atoms with Gasteiger partial charge < -0.3 is 10.1 Å². The van der Waals surface area contributed by atoms with Crippen LogP contribution in [-0.4, -0.2) is 52.8 Å². The molecule has 8 nitrogen and oxygen atoms in total. The van der Waals surface area contributed by atoms with Crippen molar-refractivity contribution < 1.29 is 9.53 Å². The number of anilines is 3. The normalized spacial score (nSPS) is 20.3. The molecule has 0 bridgehead atoms. The van der Waals surface area contributed by atoms with Crippen LogP contribution in [-0.2, 0) is 11.3 Å². The molecule has 0 spiro atoms. The van der Waals surface area contributed by atoms with E-state index in [1.807, 2.05) is 66.3 Å². The van der Waals surface area contributed by atoms with Crippen LogP contribution in [0.15, 0.2) is 66.2 Å². The van der Waals surface area contributed by atoms with Crippen LogP contribution in [0.4, 0.5) is 17.3 Å². The number of guanidine groups is 1. The second-order valence-corrected chi connectivity index (χ2v) is 9.25. The van der Waals surface area contributed by atoms with Gasteiger partial charge in [0.2, 0.25) is 5.96 Å². The van der Waals surface area contributed by atoms with Gasteiger partial charge in [-0.3, -0.25) is 14.6 Å². The molecule has 0 unspecified atom stereocenters. The van der Waals surface area contributed by atoms with Gasteiger partial charge in [-0.2, -0.15) is 5.10 Å². The second-order valence-electron chi connectivity index (χ2n) is 9.25. The molecule has 3 aliphatic rings. The number of aliphatic imine (C=N–C) groups is 1. The van der Waals surface area contributed by atoms with Crippen LogP contribution >= 0.6 is 0 Å². The third-order valence-electron chi connectivity index (χ3n) is 7.14. The number of hydrogen-bond acceptors (Lipinski definition) is 6. The first-order valence-electron chi connectivity index (χ1n) is 12.0. The van der Waals surface area contributed by atoms with Gasteiger partial charge in [0.25, 0.3) is 5.91 Å². The predicted molar refractivity (Wildman–Crippen MR) is 137 cm³/mol. The van der Waals surface area contributed by atoms with Crippen LogP contribution in [0.2, 0.25) is 0 Å². The van der Waals surface area contributed by atoms with Gasteiger partial charge in [0.05, 0.1) is 25.7 Å². The Hall–Kier alpha value is -4.07. The fraction of sp³-hybridized carbons (Fsp3) is 0.296. The van der Waals surface area contributed by atoms with Crippen molar-refractivity contribution >= 4 is 34.9 Å². The molecule has 1 fully saturated rings. The van der Waals surface area contributed by atoms with E-state index in [0.29, 0.717) is 29.5 Å². The maximum Gasteiger partial charge on any atom is 0.267 e. The average molecular weight is 469 g/mol. The van der Waals surface area contributed by atoms with Gasteiger partial charge in [0, 0.05) is 18.3 Å². The number of amides is 1. The molecule has 1 N–H and O–H groups in total. The Morgan fingerprint density at radius 2 is 1.91 bits per heavy atom. The van der Waals surface area contributed by atoms with Crippen molar-refractivity contribution in [2.75, 3.05) is 24.4 Å². The van der Waals surface area contributed by atoms with Gasteiger partial charge in [-0.25, -0.2) is 9.67 Å². The van der Waals surface area contributed by atoms with E-state index >= 15 is 0 Å². The first kappa shape index (κ1) is 21.5. The molecule has 2 atom stereocenters. The van der Waals surface area contributed by atoms with E-state index in [0.717, 1.165) is 42.0 Å². The van der Waals surface area contributed by atoms with Crippen molar-refractivity contribution in [1.29, 1.82) is 0 Å². The fourth-order valence-corrected chi connectivity index (χ4v) is 5.29. The van der Waals surface area contributed by atoms with Crippen LogP contribution in [0.3, 0.4) is 0 Å². The highest BCUT2D eigenvalue weighted by molar-refractivity contribution is 6.21. The summed E-state index contributed by atoms with van der Waals surface area (Å²) in [6, 6.07) is 18.4. The first-order valence-corrected chi connectivity index (χ1v) is 12.0. The lowest BCUT2D eigenvalue weighted by atomic mass is 10.1. The molecule has 178 valence electrons. The molecule has 8 heteroatoms. The number of carbonyl (C=O) groups is 1. The van der Waals surface area contributed by atoms with Crippen LogP contribution in [0.1, 0.15) is 40.7 Å². The van der Waals surface area contributed by atoms with E-state index in [1.54, 1.807) is 12.0 Å². The minimum Gasteiger partial charge on any atom is -0.497 e. The van der Waals surface area contributed by atoms with Gasteiger partial charge in [0.1, 0.15) is 17.1 Å². The maximum absolute atomic E-state index is 13.6. The molecule has 3 heterocycles. The second kappa shape index (κ2) is 8.30. The Morgan fingerprint density at radius 1 is 1.14 bits per heavy atom. The largest absolute Gasteiger partial charge is 0.497 e. The first-order chi connectivity index (χ1) is 17.0. The molecule has 1 amide bonds. The van der Waals surface area contributed by atoms with Crippen LogP contribution < -0.4 is 10.2 Å². The Labute approximate surface area is 204 Å². The Kier molecular flexibility index (Phi) is 5.09. The van der Waals surface area contributed by atoms with Crippen molar-refractivity contribution in [3.8, 4) is 0 Å². The van der Waals surface area contributed by atoms with Crippen LogP contribution in [0.5, 0.6) is 0 Å². The zero-order valence-corrected chi connectivity index (χ0v) is 19.9. The number of nitrogens with one attached hydrogen (secondary N) is 1. The number of hydrogen-bond donors (Lipinski definition) is 1. The Morgan fingerprint density at radius 3 is 2.66 bits per heavy atom. The van der Waals surface area contributed by atoms with Gasteiger partial charge in [-0.1, -0.05) is 49.0 Å². The molecule has 0 saturated heterocycles. The van der Waals surface area contributed by atoms with E-state index in [1.165, 1.54) is 0 Å². The fourth-order valence-electron chi connectivity index (χ4n) is 5.29. The number of ether oxygens (including phenoxy) is 1. The molecule has 2 aliphatic heterocycles. The summed E-state index contributed by atoms with van der Waals surface area (Å²) >= 11 is 0. The zero-order valence-electron chi connectivity index (χ0n) is 19.9. The van der Waals surface area contributed by atoms with Crippen molar-refractivity contribution in [3.05, 3.63) is 77.9 Å². The van der Waals surface area contributed by atoms with Gasteiger partial charge >= 0.3 is 0 Å². The number of fused-ring (bicyclic) bond motifs is 5. The summed E-state index contributed by atoms with van der Waals surface area (Å²) in [5.41, 5.74) is 3.48. The average Bonchev–Trinajstić information content (AvgIpc) is 3.57. The number of aromatic nitrogens is 2. The quantitative estimate of drug-likeness (QED) is 0.540. The minimum atomic E-state index is -0.0913. The molecule has 6 rings (SSSR count). The number of carbonyl (C=O) groups excluding carboxylic acids is 1. The molecular formula is C27H28N6O2. The molecule has 35 heavy (non-hydrogen) atoms. The number of para-hydroxylation sites is 1. The predicted octanol–water partition coefficient (Wildman–Crippen LogP) is 4.47. The number of rotatable bonds is 6. The van der Waals surface area contributed by atoms with Crippen molar-refractivity contribution in [2.45, 2.75) is 37.9 Å². The monoisotopic (exact) mass is 468 g/mol. The Balaban J connectivity index is 1.44. The van der Waals surface area contributed by atoms with E-state index in [-0.39, 0.29) is 18.0 Å². The van der Waals surface area contributed by atoms with Crippen LogP contribution in [0, 0.1) is 0 Å². The number of methoxy groups -OCH3 is 1. The highest BCUT2D eigenvalue weighted by Gasteiger charge is 2.49. The van der Waals surface area contributed by atoms with Crippen molar-refractivity contribution in [1.82, 2.24) is 14.7 Å². The molecule has 1 aliphatic carbocycles. The summed E-state index contributed by atoms with van der Waals surface area (Å²) in [5, 5.41) is 8.50. The van der Waals surface area contributed by atoms with E-state index in [2.05, 4.69) is 16.8 Å². The number of nitrogens with zero attached hydrogens (tertiary/aromatic N) is 5. The Bertz CT molecular complexity index is 1330. The topological polar surface area (TPSA) is 75.0 Å². The SMILES string of the molecule is C=C(OC)c1ccc(Cn2nc3c(c2Nc2ccccc2)C(=O)N(C)C2=N[C@@H]4CCC[C@@H]4N23)cc1. The lowest BCUT2D eigenvalue weighted by molar-refractivity contribution is 0.0866. The number of benzene rings is 2. The molecule has 1 saturated carbocycles. The highest BCUT2D eigenvalue weighted by Crippen LogP contribution is 2.43. The van der Waals surface area contributed by atoms with Crippen molar-refractivity contribution in [2.24, 2.45) is 4.99 Å². The van der Waals surface area contributed by atoms with E-state index < -0.39 is 0 Å². The summed E-state index contributed by atoms with van der Waals surface area (Å²) in [4.78, 5) is 22.4. The third kappa shape index (κ3) is 3.48. The summed E-state index contributed by atoms with van der Waals surface area (Å²) in [6.45, 7) is 4.43. The van der Waals surface area contributed by atoms with Crippen molar-refractivity contribution in [3.63, 3.8) is 0 Å². The standard InChI is InChI=1S/C27H28N6O2/c1-17(35-3)19-14-12-18(13-15-19)16-32-24(28-20-8-5-4-6-9-20)23-25(30-32)33-22-11-7-10-21(22)29-27(33)31(2)26(23)34/h4-6,8-9,12-15,21-22,28H,1,7,10-11,16H2,2-3H3/t21-,22+/m1/s1. The molecule has 1 aromatic heterocycles. The molecular weight excluding hydrogens is 440 g/mol. The lowest BCUT2D eigenvalue weighted by Crippen LogP contribution is -2.51. The lowest BCUT2D eigenvalue weighted by Gasteiger charge is -2.34. The summed E-state index contributed by atoms with van der Waals surface area (Å²) in [6.07, 6.45) is 3.25. The molecule has 2 aromatic carbocycles. The highest BCUT2D eigenvalue weighted by atomic mass is 16.5. The zero-order chi connectivity index (χ0) is 24.1. The summed E-state index contributed by atoms with van der Waals surface area (Å²) in [5.74, 6) is 2.64. The van der Waals surface area contributed by atoms with E-state index in [9.17, 15) is 4.79 Å². The van der Waals surface area contributed by atoms with Gasteiger partial charge in [0.15, 0.2) is 5.82 Å². The van der Waals surface area contributed by atoms with Gasteiger partial charge in [-0.15, -0.1) is 0 Å². The summed E-state index contributed by atoms with van der Waals surface area (Å²) < 4.78 is 7.15. The molecule has 0 radical (unpaired) electrons. The van der Waals surface area contributed by atoms with Gasteiger partial charge in [-0.05, 0) is 37.0 Å². The van der Waals surface area contributed by atoms with Crippen LogP contribution in [0.25, 0.3) is 5.76 Å².